The van der Waals surface area contributed by atoms with Gasteiger partial charge in [0.25, 0.3) is 5.91 Å². The van der Waals surface area contributed by atoms with Crippen LogP contribution in [0.1, 0.15) is 34.3 Å². The first-order chi connectivity index (χ1) is 16.1. The number of nitrogens with zero attached hydrogens (tertiary/aromatic N) is 4. The number of nitrogens with two attached hydrogens (primary N) is 2. The molecule has 0 aliphatic carbocycles. The predicted octanol–water partition coefficient (Wildman–Crippen LogP) is 1.18. The minimum absolute atomic E-state index is 0.0578. The van der Waals surface area contributed by atoms with Crippen molar-refractivity contribution in [3.05, 3.63) is 47.2 Å². The minimum Gasteiger partial charge on any atom is -0.481 e. The Bertz CT molecular complexity index is 1250. The van der Waals surface area contributed by atoms with Crippen molar-refractivity contribution >= 4 is 46.3 Å². The molecule has 12 nitrogen and oxygen atoms in total. The van der Waals surface area contributed by atoms with Gasteiger partial charge < -0.3 is 31.9 Å². The van der Waals surface area contributed by atoms with Gasteiger partial charge in [-0.25, -0.2) is 9.78 Å². The van der Waals surface area contributed by atoms with Crippen LogP contribution in [0.2, 0.25) is 0 Å². The number of nitrogen functional groups attached to an aromatic ring is 2. The van der Waals surface area contributed by atoms with E-state index in [0.717, 1.165) is 16.8 Å². The zero-order valence-corrected chi connectivity index (χ0v) is 18.6. The summed E-state index contributed by atoms with van der Waals surface area (Å²) in [6, 6.07) is 5.30. The number of fused-ring (bicyclic) bond motifs is 1. The van der Waals surface area contributed by atoms with E-state index in [1.54, 1.807) is 30.5 Å². The first kappa shape index (κ1) is 24.2. The van der Waals surface area contributed by atoms with Crippen molar-refractivity contribution in [3.63, 3.8) is 0 Å². The highest BCUT2D eigenvalue weighted by Crippen LogP contribution is 2.25. The summed E-state index contributed by atoms with van der Waals surface area (Å²) in [5, 5.41) is 21.0. The smallest absolute Gasteiger partial charge is 0.326 e. The van der Waals surface area contributed by atoms with Gasteiger partial charge in [0.15, 0.2) is 5.65 Å². The number of aryl methyl sites for hydroxylation is 1. The van der Waals surface area contributed by atoms with E-state index < -0.39 is 23.9 Å². The fourth-order valence-corrected chi connectivity index (χ4v) is 3.47. The Morgan fingerprint density at radius 2 is 1.79 bits per heavy atom. The monoisotopic (exact) mass is 467 g/mol. The molecule has 7 N–H and O–H groups in total. The molecule has 0 unspecified atom stereocenters. The lowest BCUT2D eigenvalue weighted by Crippen LogP contribution is -2.41. The van der Waals surface area contributed by atoms with Crippen molar-refractivity contribution in [1.82, 2.24) is 20.3 Å². The number of anilines is 3. The number of hydrogen-bond acceptors (Lipinski definition) is 9. The third kappa shape index (κ3) is 5.46. The molecule has 0 aliphatic rings. The van der Waals surface area contributed by atoms with Crippen LogP contribution in [0.3, 0.4) is 0 Å². The summed E-state index contributed by atoms with van der Waals surface area (Å²) < 4.78 is 0. The zero-order valence-electron chi connectivity index (χ0n) is 18.6. The number of aromatic nitrogens is 3. The van der Waals surface area contributed by atoms with Crippen molar-refractivity contribution < 1.29 is 24.6 Å². The molecule has 178 valence electrons. The van der Waals surface area contributed by atoms with Gasteiger partial charge in [-0.3, -0.25) is 9.59 Å². The number of nitrogens with one attached hydrogen (secondary N) is 1. The molecule has 3 aromatic rings. The number of benzene rings is 1. The normalized spacial score (nSPS) is 11.7. The summed E-state index contributed by atoms with van der Waals surface area (Å²) in [7, 11) is 1.87. The van der Waals surface area contributed by atoms with Gasteiger partial charge in [-0.15, -0.1) is 0 Å². The topological polar surface area (TPSA) is 198 Å². The standard InChI is InChI=1S/C22H25N7O5/c1-11-13(9-25-19-17(11)18(23)27-22(24)28-19)10-29(2)14-5-3-12(4-6-14)20(32)26-15(21(33)34)7-8-16(30)31/h3-6,9,15H,7-8,10H2,1-2H3,(H,26,32)(H,30,31)(H,33,34)(H4,23,24,25,27,28)/t15-/m0/s1. The molecule has 2 aromatic heterocycles. The molecule has 1 amide bonds. The zero-order chi connectivity index (χ0) is 25.0. The Morgan fingerprint density at radius 3 is 2.41 bits per heavy atom. The molecule has 1 atom stereocenters. The largest absolute Gasteiger partial charge is 0.481 e. The van der Waals surface area contributed by atoms with Crippen molar-refractivity contribution in [3.8, 4) is 0 Å². The van der Waals surface area contributed by atoms with E-state index in [4.69, 9.17) is 16.6 Å². The quantitative estimate of drug-likeness (QED) is 0.303. The lowest BCUT2D eigenvalue weighted by molar-refractivity contribution is -0.140. The second-order valence-corrected chi connectivity index (χ2v) is 7.77. The van der Waals surface area contributed by atoms with Crippen LogP contribution in [-0.2, 0) is 16.1 Å². The van der Waals surface area contributed by atoms with Gasteiger partial charge in [-0.05, 0) is 48.7 Å². The maximum absolute atomic E-state index is 12.4. The Balaban J connectivity index is 1.72. The van der Waals surface area contributed by atoms with Crippen LogP contribution in [0.25, 0.3) is 11.0 Å². The lowest BCUT2D eigenvalue weighted by atomic mass is 10.1. The molecule has 34 heavy (non-hydrogen) atoms. The Labute approximate surface area is 194 Å². The van der Waals surface area contributed by atoms with Crippen molar-refractivity contribution in [2.45, 2.75) is 32.4 Å². The van der Waals surface area contributed by atoms with E-state index >= 15 is 0 Å². The third-order valence-corrected chi connectivity index (χ3v) is 5.36. The van der Waals surface area contributed by atoms with Gasteiger partial charge in [-0.1, -0.05) is 0 Å². The van der Waals surface area contributed by atoms with Crippen LogP contribution in [0.15, 0.2) is 30.5 Å². The second-order valence-electron chi connectivity index (χ2n) is 7.77. The number of carbonyl (C=O) groups excluding carboxylic acids is 1. The number of carboxylic acid groups (broad SMARTS) is 2. The Kier molecular flexibility index (Phi) is 7.09. The van der Waals surface area contributed by atoms with Crippen molar-refractivity contribution in [2.24, 2.45) is 0 Å². The average Bonchev–Trinajstić information content (AvgIpc) is 2.77. The molecular weight excluding hydrogens is 442 g/mol. The SMILES string of the molecule is Cc1c(CN(C)c2ccc(C(=O)N[C@@H](CCC(=O)O)C(=O)O)cc2)cnc2nc(N)nc(N)c12. The summed E-state index contributed by atoms with van der Waals surface area (Å²) in [4.78, 5) is 48.8. The van der Waals surface area contributed by atoms with Gasteiger partial charge in [0, 0.05) is 37.5 Å². The van der Waals surface area contributed by atoms with Gasteiger partial charge >= 0.3 is 11.9 Å². The van der Waals surface area contributed by atoms with Gasteiger partial charge in [0.1, 0.15) is 11.9 Å². The first-order valence-corrected chi connectivity index (χ1v) is 10.3. The van der Waals surface area contributed by atoms with E-state index in [2.05, 4.69) is 20.3 Å². The van der Waals surface area contributed by atoms with Crippen LogP contribution in [-0.4, -0.2) is 56.1 Å². The predicted molar refractivity (Wildman–Crippen MR) is 125 cm³/mol. The van der Waals surface area contributed by atoms with Crippen LogP contribution in [0.4, 0.5) is 17.5 Å². The van der Waals surface area contributed by atoms with Crippen LogP contribution < -0.4 is 21.7 Å². The van der Waals surface area contributed by atoms with Crippen LogP contribution in [0, 0.1) is 6.92 Å². The molecule has 0 saturated carbocycles. The molecule has 0 bridgehead atoms. The summed E-state index contributed by atoms with van der Waals surface area (Å²) in [5.41, 5.74) is 14.9. The number of aliphatic carboxylic acids is 2. The third-order valence-electron chi connectivity index (χ3n) is 5.36. The highest BCUT2D eigenvalue weighted by molar-refractivity contribution is 5.97. The van der Waals surface area contributed by atoms with Crippen LogP contribution >= 0.6 is 0 Å². The van der Waals surface area contributed by atoms with E-state index in [0.29, 0.717) is 17.6 Å². The van der Waals surface area contributed by atoms with Gasteiger partial charge in [-0.2, -0.15) is 9.97 Å². The number of rotatable bonds is 9. The Hall–Kier alpha value is -4.48. The number of hydrogen-bond donors (Lipinski definition) is 5. The number of carboxylic acids is 2. The summed E-state index contributed by atoms with van der Waals surface area (Å²) in [5.74, 6) is -2.71. The molecule has 1 aromatic carbocycles. The van der Waals surface area contributed by atoms with E-state index in [1.165, 1.54) is 0 Å². The average molecular weight is 467 g/mol. The molecule has 0 aliphatic heterocycles. The molecule has 0 saturated heterocycles. The summed E-state index contributed by atoms with van der Waals surface area (Å²) in [6.45, 7) is 2.39. The van der Waals surface area contributed by atoms with Gasteiger partial charge in [0.05, 0.1) is 5.39 Å². The number of pyridine rings is 1. The number of amides is 1. The highest BCUT2D eigenvalue weighted by Gasteiger charge is 2.21. The molecule has 2 heterocycles. The molecular formula is C22H25N7O5. The van der Waals surface area contributed by atoms with Crippen molar-refractivity contribution in [1.29, 1.82) is 0 Å². The Morgan fingerprint density at radius 1 is 1.12 bits per heavy atom. The second kappa shape index (κ2) is 9.98. The molecule has 3 rings (SSSR count). The van der Waals surface area contributed by atoms with Crippen LogP contribution in [0.5, 0.6) is 0 Å². The highest BCUT2D eigenvalue weighted by atomic mass is 16.4. The number of carbonyl (C=O) groups is 3. The first-order valence-electron chi connectivity index (χ1n) is 10.3. The lowest BCUT2D eigenvalue weighted by Gasteiger charge is -2.21. The fraction of sp³-hybridized carbons (Fsp3) is 0.273. The fourth-order valence-electron chi connectivity index (χ4n) is 3.47. The van der Waals surface area contributed by atoms with Crippen molar-refractivity contribution in [2.75, 3.05) is 23.4 Å². The molecule has 0 radical (unpaired) electrons. The molecule has 12 heteroatoms. The van der Waals surface area contributed by atoms with E-state index in [-0.39, 0.29) is 30.2 Å². The van der Waals surface area contributed by atoms with Gasteiger partial charge in [0.2, 0.25) is 5.95 Å². The van der Waals surface area contributed by atoms with E-state index in [1.807, 2.05) is 18.9 Å². The molecule has 0 fully saturated rings. The maximum Gasteiger partial charge on any atom is 0.326 e. The maximum atomic E-state index is 12.4. The summed E-state index contributed by atoms with van der Waals surface area (Å²) in [6.07, 6.45) is 1.12. The molecule has 0 spiro atoms. The van der Waals surface area contributed by atoms with E-state index in [9.17, 15) is 19.5 Å². The summed E-state index contributed by atoms with van der Waals surface area (Å²) >= 11 is 0. The minimum atomic E-state index is -1.29.